The third-order valence-corrected chi connectivity index (χ3v) is 7.88. The quantitative estimate of drug-likeness (QED) is 0.649. The number of hydrogen-bond acceptors (Lipinski definition) is 6. The maximum atomic E-state index is 13.4. The number of aryl methyl sites for hydroxylation is 1. The van der Waals surface area contributed by atoms with Gasteiger partial charge in [-0.1, -0.05) is 17.7 Å². The Morgan fingerprint density at radius 2 is 2.06 bits per heavy atom. The van der Waals surface area contributed by atoms with Crippen LogP contribution in [-0.4, -0.2) is 73.8 Å². The Bertz CT molecular complexity index is 1060. The van der Waals surface area contributed by atoms with Crippen LogP contribution in [0.4, 0.5) is 5.69 Å². The van der Waals surface area contributed by atoms with Crippen molar-refractivity contribution in [2.45, 2.75) is 37.4 Å². The van der Waals surface area contributed by atoms with Crippen LogP contribution >= 0.6 is 11.6 Å². The van der Waals surface area contributed by atoms with Gasteiger partial charge >= 0.3 is 0 Å². The molecule has 4 rings (SSSR count). The SMILES string of the molecule is CCn1cc(C(=O)NC[C@@H]2CCCO2)c(S(=O)(=O)N2CCN(c3cccc(Cl)c3)CC2)n1. The van der Waals surface area contributed by atoms with Gasteiger partial charge in [0.25, 0.3) is 15.9 Å². The van der Waals surface area contributed by atoms with Crippen LogP contribution in [-0.2, 0) is 21.3 Å². The predicted octanol–water partition coefficient (Wildman–Crippen LogP) is 1.98. The Morgan fingerprint density at radius 1 is 1.28 bits per heavy atom. The monoisotopic (exact) mass is 481 g/mol. The number of sulfonamides is 1. The van der Waals surface area contributed by atoms with Crippen molar-refractivity contribution in [1.82, 2.24) is 19.4 Å². The van der Waals surface area contributed by atoms with E-state index < -0.39 is 15.9 Å². The molecule has 1 aromatic carbocycles. The maximum Gasteiger partial charge on any atom is 0.263 e. The van der Waals surface area contributed by atoms with Crippen molar-refractivity contribution in [2.75, 3.05) is 44.2 Å². The first-order chi connectivity index (χ1) is 15.4. The number of carbonyl (C=O) groups excluding carboxylic acids is 1. The lowest BCUT2D eigenvalue weighted by atomic mass is 10.2. The van der Waals surface area contributed by atoms with Gasteiger partial charge in [-0.05, 0) is 38.0 Å². The van der Waals surface area contributed by atoms with E-state index in [9.17, 15) is 13.2 Å². The zero-order valence-corrected chi connectivity index (χ0v) is 19.6. The molecule has 0 aliphatic carbocycles. The molecule has 0 spiro atoms. The highest BCUT2D eigenvalue weighted by molar-refractivity contribution is 7.89. The van der Waals surface area contributed by atoms with Gasteiger partial charge in [-0.15, -0.1) is 0 Å². The van der Waals surface area contributed by atoms with Crippen LogP contribution in [0, 0.1) is 0 Å². The molecule has 2 fully saturated rings. The summed E-state index contributed by atoms with van der Waals surface area (Å²) in [7, 11) is -3.92. The topological polar surface area (TPSA) is 96.8 Å². The lowest BCUT2D eigenvalue weighted by Gasteiger charge is -2.35. The van der Waals surface area contributed by atoms with Crippen molar-refractivity contribution in [3.63, 3.8) is 0 Å². The van der Waals surface area contributed by atoms with Crippen LogP contribution in [0.3, 0.4) is 0 Å². The van der Waals surface area contributed by atoms with E-state index in [1.54, 1.807) is 6.07 Å². The third kappa shape index (κ3) is 4.93. The van der Waals surface area contributed by atoms with Crippen molar-refractivity contribution in [2.24, 2.45) is 0 Å². The molecular weight excluding hydrogens is 454 g/mol. The van der Waals surface area contributed by atoms with Crippen molar-refractivity contribution in [3.05, 3.63) is 41.0 Å². The minimum Gasteiger partial charge on any atom is -0.376 e. The first-order valence-corrected chi connectivity index (χ1v) is 12.7. The number of aromatic nitrogens is 2. The second-order valence-electron chi connectivity index (χ2n) is 7.92. The van der Waals surface area contributed by atoms with E-state index >= 15 is 0 Å². The molecule has 1 amide bonds. The van der Waals surface area contributed by atoms with Crippen LogP contribution < -0.4 is 10.2 Å². The number of hydrogen-bond donors (Lipinski definition) is 1. The number of nitrogens with zero attached hydrogens (tertiary/aromatic N) is 4. The Balaban J connectivity index is 1.48. The standard InChI is InChI=1S/C21H28ClN5O4S/c1-2-26-15-19(20(28)23-14-18-7-4-12-31-18)21(24-26)32(29,30)27-10-8-25(9-11-27)17-6-3-5-16(22)13-17/h3,5-6,13,15,18H,2,4,7-12,14H2,1H3,(H,23,28)/t18-/m0/s1. The molecule has 2 saturated heterocycles. The maximum absolute atomic E-state index is 13.4. The van der Waals surface area contributed by atoms with Crippen molar-refractivity contribution in [3.8, 4) is 0 Å². The van der Waals surface area contributed by atoms with Gasteiger partial charge in [-0.25, -0.2) is 8.42 Å². The summed E-state index contributed by atoms with van der Waals surface area (Å²) in [5, 5.41) is 7.48. The highest BCUT2D eigenvalue weighted by atomic mass is 35.5. The fourth-order valence-electron chi connectivity index (χ4n) is 4.00. The Morgan fingerprint density at radius 3 is 2.72 bits per heavy atom. The van der Waals surface area contributed by atoms with E-state index in [-0.39, 0.29) is 16.7 Å². The van der Waals surface area contributed by atoms with Gasteiger partial charge in [0.15, 0.2) is 0 Å². The molecule has 2 aromatic rings. The summed E-state index contributed by atoms with van der Waals surface area (Å²) < 4.78 is 35.2. The van der Waals surface area contributed by atoms with E-state index in [4.69, 9.17) is 16.3 Å². The van der Waals surface area contributed by atoms with E-state index in [2.05, 4.69) is 15.3 Å². The second kappa shape index (κ2) is 9.78. The van der Waals surface area contributed by atoms with Crippen LogP contribution in [0.2, 0.25) is 5.02 Å². The zero-order valence-electron chi connectivity index (χ0n) is 18.0. The summed E-state index contributed by atoms with van der Waals surface area (Å²) in [5.41, 5.74) is 1.03. The first kappa shape index (κ1) is 23.0. The average Bonchev–Trinajstić information content (AvgIpc) is 3.48. The Hall–Kier alpha value is -2.14. The summed E-state index contributed by atoms with van der Waals surface area (Å²) in [6.45, 7) is 4.99. The second-order valence-corrected chi connectivity index (χ2v) is 10.2. The molecule has 0 saturated carbocycles. The van der Waals surface area contributed by atoms with Gasteiger partial charge in [0, 0.05) is 62.8 Å². The number of halogens is 1. The fraction of sp³-hybridized carbons (Fsp3) is 0.524. The number of nitrogens with one attached hydrogen (secondary N) is 1. The molecule has 0 unspecified atom stereocenters. The van der Waals surface area contributed by atoms with Gasteiger partial charge in [0.1, 0.15) is 0 Å². The number of amides is 1. The largest absolute Gasteiger partial charge is 0.376 e. The number of rotatable bonds is 7. The van der Waals surface area contributed by atoms with Crippen LogP contribution in [0.1, 0.15) is 30.1 Å². The van der Waals surface area contributed by atoms with Crippen LogP contribution in [0.5, 0.6) is 0 Å². The first-order valence-electron chi connectivity index (χ1n) is 10.9. The molecule has 174 valence electrons. The minimum absolute atomic E-state index is 0.0280. The minimum atomic E-state index is -3.92. The number of anilines is 1. The summed E-state index contributed by atoms with van der Waals surface area (Å²) in [6.07, 6.45) is 3.32. The number of carbonyl (C=O) groups is 1. The van der Waals surface area contributed by atoms with Gasteiger partial charge in [0.05, 0.1) is 11.7 Å². The normalized spacial score (nSPS) is 19.9. The van der Waals surface area contributed by atoms with Crippen molar-refractivity contribution >= 4 is 33.2 Å². The molecule has 3 heterocycles. The summed E-state index contributed by atoms with van der Waals surface area (Å²) in [4.78, 5) is 14.9. The van der Waals surface area contributed by atoms with Crippen molar-refractivity contribution in [1.29, 1.82) is 0 Å². The number of piperazine rings is 1. The molecule has 9 nitrogen and oxygen atoms in total. The Labute approximate surface area is 193 Å². The smallest absolute Gasteiger partial charge is 0.263 e. The molecule has 2 aliphatic heterocycles. The molecule has 2 aliphatic rings. The van der Waals surface area contributed by atoms with E-state index in [0.717, 1.165) is 18.5 Å². The van der Waals surface area contributed by atoms with Gasteiger partial charge < -0.3 is 15.0 Å². The molecule has 0 radical (unpaired) electrons. The molecule has 1 aromatic heterocycles. The van der Waals surface area contributed by atoms with Crippen LogP contribution in [0.15, 0.2) is 35.5 Å². The Kier molecular flexibility index (Phi) is 7.04. The van der Waals surface area contributed by atoms with Crippen LogP contribution in [0.25, 0.3) is 0 Å². The summed E-state index contributed by atoms with van der Waals surface area (Å²) >= 11 is 6.09. The average molecular weight is 482 g/mol. The van der Waals surface area contributed by atoms with E-state index in [0.29, 0.717) is 50.9 Å². The molecule has 32 heavy (non-hydrogen) atoms. The fourth-order valence-corrected chi connectivity index (χ4v) is 5.71. The predicted molar refractivity (Wildman–Crippen MR) is 122 cm³/mol. The lowest BCUT2D eigenvalue weighted by Crippen LogP contribution is -2.49. The van der Waals surface area contributed by atoms with Gasteiger partial charge in [0.2, 0.25) is 5.03 Å². The van der Waals surface area contributed by atoms with Gasteiger partial charge in [-0.2, -0.15) is 9.40 Å². The highest BCUT2D eigenvalue weighted by Crippen LogP contribution is 2.24. The third-order valence-electron chi connectivity index (χ3n) is 5.81. The molecule has 0 bridgehead atoms. The number of ether oxygens (including phenoxy) is 1. The molecule has 1 atom stereocenters. The van der Waals surface area contributed by atoms with Gasteiger partial charge in [-0.3, -0.25) is 9.48 Å². The molecular formula is C21H28ClN5O4S. The van der Waals surface area contributed by atoms with E-state index in [1.165, 1.54) is 15.2 Å². The van der Waals surface area contributed by atoms with Crippen molar-refractivity contribution < 1.29 is 17.9 Å². The molecule has 11 heteroatoms. The molecule has 1 N–H and O–H groups in total. The zero-order chi connectivity index (χ0) is 22.7. The number of benzene rings is 1. The lowest BCUT2D eigenvalue weighted by molar-refractivity contribution is 0.0855. The van der Waals surface area contributed by atoms with E-state index in [1.807, 2.05) is 25.1 Å². The highest BCUT2D eigenvalue weighted by Gasteiger charge is 2.35. The summed E-state index contributed by atoms with van der Waals surface area (Å²) in [6, 6.07) is 7.50. The summed E-state index contributed by atoms with van der Waals surface area (Å²) in [5.74, 6) is -0.448.